The molecule has 0 aliphatic rings. The van der Waals surface area contributed by atoms with E-state index in [0.29, 0.717) is 17.6 Å². The third-order valence-electron chi connectivity index (χ3n) is 4.52. The van der Waals surface area contributed by atoms with Crippen molar-refractivity contribution in [3.63, 3.8) is 0 Å². The van der Waals surface area contributed by atoms with Crippen LogP contribution >= 0.6 is 7.37 Å². The van der Waals surface area contributed by atoms with Gasteiger partial charge in [-0.3, -0.25) is 9.36 Å². The van der Waals surface area contributed by atoms with Crippen molar-refractivity contribution >= 4 is 18.6 Å². The predicted molar refractivity (Wildman–Crippen MR) is 109 cm³/mol. The van der Waals surface area contributed by atoms with Crippen molar-refractivity contribution in [3.8, 4) is 0 Å². The number of rotatable bonds is 9. The molecule has 2 aromatic carbocycles. The highest BCUT2D eigenvalue weighted by molar-refractivity contribution is 7.65. The van der Waals surface area contributed by atoms with Gasteiger partial charge in [0.05, 0.1) is 6.04 Å². The van der Waals surface area contributed by atoms with Gasteiger partial charge in [-0.2, -0.15) is 0 Å². The first-order valence-electron chi connectivity index (χ1n) is 9.35. The number of hydrogen-bond donors (Lipinski definition) is 3. The molecule has 0 aromatic heterocycles. The Morgan fingerprint density at radius 2 is 1.59 bits per heavy atom. The Balaban J connectivity index is 2.03. The van der Waals surface area contributed by atoms with Gasteiger partial charge in [-0.1, -0.05) is 62.4 Å². The van der Waals surface area contributed by atoms with E-state index in [1.54, 1.807) is 29.6 Å². The first-order valence-corrected chi connectivity index (χ1v) is 11.2. The smallest absolute Gasteiger partial charge is 0.282 e. The highest BCUT2D eigenvalue weighted by Gasteiger charge is 2.30. The summed E-state index contributed by atoms with van der Waals surface area (Å²) in [5, 5.41) is 5.16. The fourth-order valence-electron chi connectivity index (χ4n) is 3.00. The molecule has 0 heterocycles. The minimum Gasteiger partial charge on any atom is -0.344 e. The van der Waals surface area contributed by atoms with Gasteiger partial charge in [0.25, 0.3) is 13.3 Å². The summed E-state index contributed by atoms with van der Waals surface area (Å²) in [5.41, 5.74) is 1.03. The van der Waals surface area contributed by atoms with Gasteiger partial charge < -0.3 is 15.5 Å². The number of carbonyl (C=O) groups is 1. The molecule has 1 unspecified atom stereocenters. The molecule has 27 heavy (non-hydrogen) atoms. The van der Waals surface area contributed by atoms with Crippen molar-refractivity contribution < 1.29 is 19.6 Å². The van der Waals surface area contributed by atoms with E-state index < -0.39 is 13.4 Å². The fourth-order valence-corrected chi connectivity index (χ4v) is 4.39. The van der Waals surface area contributed by atoms with Crippen LogP contribution in [-0.4, -0.2) is 23.1 Å². The average Bonchev–Trinajstić information content (AvgIpc) is 2.66. The van der Waals surface area contributed by atoms with Crippen molar-refractivity contribution in [2.45, 2.75) is 39.3 Å². The molecule has 146 valence electrons. The number of nitrogens with one attached hydrogen (secondary N) is 1. The maximum Gasteiger partial charge on any atom is 0.282 e. The van der Waals surface area contributed by atoms with E-state index >= 15 is 0 Å². The normalized spacial score (nSPS) is 15.7. The average molecular weight is 389 g/mol. The third kappa shape index (κ3) is 6.62. The molecule has 0 radical (unpaired) electrons. The molecule has 0 saturated heterocycles. The van der Waals surface area contributed by atoms with Gasteiger partial charge in [-0.15, -0.1) is 0 Å². The number of benzene rings is 2. The molecule has 0 bridgehead atoms. The summed E-state index contributed by atoms with van der Waals surface area (Å²) in [6.45, 7) is 6.04. The van der Waals surface area contributed by atoms with E-state index in [9.17, 15) is 14.3 Å². The van der Waals surface area contributed by atoms with Crippen LogP contribution in [0.3, 0.4) is 0 Å². The number of quaternary nitrogens is 1. The summed E-state index contributed by atoms with van der Waals surface area (Å²) in [5.74, 6) is 0.201. The van der Waals surface area contributed by atoms with Gasteiger partial charge in [0.2, 0.25) is 0 Å². The molecular weight excluding hydrogens is 359 g/mol. The number of carbonyl (C=O) groups excluding carboxylic acids is 1. The second-order valence-corrected chi connectivity index (χ2v) is 9.62. The predicted octanol–water partition coefficient (Wildman–Crippen LogP) is 2.40. The van der Waals surface area contributed by atoms with Crippen molar-refractivity contribution in [1.82, 2.24) is 5.32 Å². The number of nitrogens with two attached hydrogens (primary N) is 1. The maximum absolute atomic E-state index is 12.8. The van der Waals surface area contributed by atoms with Crippen molar-refractivity contribution in [2.75, 3.05) is 6.29 Å². The lowest BCUT2D eigenvalue weighted by Crippen LogP contribution is -2.92. The lowest BCUT2D eigenvalue weighted by Gasteiger charge is -2.22. The molecule has 1 amide bonds. The minimum atomic E-state index is -3.51. The molecule has 0 saturated carbocycles. The van der Waals surface area contributed by atoms with Crippen LogP contribution in [0.5, 0.6) is 0 Å². The summed E-state index contributed by atoms with van der Waals surface area (Å²) in [6.07, 6.45) is 0.629. The number of amides is 1. The topological polar surface area (TPSA) is 83.0 Å². The molecule has 0 spiro atoms. The van der Waals surface area contributed by atoms with Gasteiger partial charge in [0.15, 0.2) is 12.3 Å². The molecule has 4 N–H and O–H groups in total. The van der Waals surface area contributed by atoms with E-state index in [0.717, 1.165) is 5.56 Å². The van der Waals surface area contributed by atoms with E-state index in [1.807, 2.05) is 57.2 Å². The summed E-state index contributed by atoms with van der Waals surface area (Å²) < 4.78 is 12.7. The van der Waals surface area contributed by atoms with E-state index in [4.69, 9.17) is 0 Å². The SMILES string of the molecule is CC(C)C[C@H]([NH2+]CP(=O)(O)c1ccccc1)C(=O)N[C@H](C)c1ccccc1. The molecule has 2 rings (SSSR count). The van der Waals surface area contributed by atoms with Crippen LogP contribution in [0.1, 0.15) is 38.8 Å². The van der Waals surface area contributed by atoms with Crippen molar-refractivity contribution in [1.29, 1.82) is 0 Å². The summed E-state index contributed by atoms with van der Waals surface area (Å²) in [7, 11) is -3.51. The monoisotopic (exact) mass is 389 g/mol. The minimum absolute atomic E-state index is 0.0124. The Kier molecular flexibility index (Phi) is 7.78. The lowest BCUT2D eigenvalue weighted by atomic mass is 10.0. The molecule has 6 heteroatoms. The Morgan fingerprint density at radius 1 is 1.04 bits per heavy atom. The number of hydrogen-bond acceptors (Lipinski definition) is 2. The fraction of sp³-hybridized carbons (Fsp3) is 0.381. The van der Waals surface area contributed by atoms with Crippen LogP contribution in [0.15, 0.2) is 60.7 Å². The Hall–Kier alpha value is -1.94. The summed E-state index contributed by atoms with van der Waals surface area (Å²) in [4.78, 5) is 23.2. The maximum atomic E-state index is 12.8. The van der Waals surface area contributed by atoms with E-state index in [-0.39, 0.29) is 18.2 Å². The summed E-state index contributed by atoms with van der Waals surface area (Å²) in [6, 6.07) is 17.9. The van der Waals surface area contributed by atoms with Gasteiger partial charge in [-0.05, 0) is 30.5 Å². The zero-order chi connectivity index (χ0) is 19.9. The lowest BCUT2D eigenvalue weighted by molar-refractivity contribution is -0.663. The second-order valence-electron chi connectivity index (χ2n) is 7.33. The largest absolute Gasteiger partial charge is 0.344 e. The molecular formula is C21H30N2O3P+. The zero-order valence-corrected chi connectivity index (χ0v) is 17.1. The first kappa shape index (κ1) is 21.4. The van der Waals surface area contributed by atoms with E-state index in [2.05, 4.69) is 5.32 Å². The zero-order valence-electron chi connectivity index (χ0n) is 16.2. The van der Waals surface area contributed by atoms with E-state index in [1.165, 1.54) is 0 Å². The molecule has 2 aromatic rings. The molecule has 0 aliphatic carbocycles. The van der Waals surface area contributed by atoms with Gasteiger partial charge in [-0.25, -0.2) is 0 Å². The van der Waals surface area contributed by atoms with Crippen molar-refractivity contribution in [2.24, 2.45) is 5.92 Å². The van der Waals surface area contributed by atoms with Crippen LogP contribution < -0.4 is 15.9 Å². The highest BCUT2D eigenvalue weighted by Crippen LogP contribution is 2.35. The Bertz CT molecular complexity index is 766. The molecule has 0 aliphatic heterocycles. The van der Waals surface area contributed by atoms with Crippen LogP contribution in [-0.2, 0) is 9.36 Å². The Morgan fingerprint density at radius 3 is 2.15 bits per heavy atom. The summed E-state index contributed by atoms with van der Waals surface area (Å²) >= 11 is 0. The van der Waals surface area contributed by atoms with Crippen LogP contribution in [0.4, 0.5) is 0 Å². The van der Waals surface area contributed by atoms with Gasteiger partial charge >= 0.3 is 0 Å². The molecule has 3 atom stereocenters. The first-order chi connectivity index (χ1) is 12.8. The van der Waals surface area contributed by atoms with Crippen LogP contribution in [0, 0.1) is 5.92 Å². The quantitative estimate of drug-likeness (QED) is 0.576. The Labute approximate surface area is 161 Å². The van der Waals surface area contributed by atoms with Crippen LogP contribution in [0.2, 0.25) is 0 Å². The molecule has 5 nitrogen and oxygen atoms in total. The van der Waals surface area contributed by atoms with Crippen molar-refractivity contribution in [3.05, 3.63) is 66.2 Å². The highest BCUT2D eigenvalue weighted by atomic mass is 31.2. The van der Waals surface area contributed by atoms with Gasteiger partial charge in [0.1, 0.15) is 0 Å². The standard InChI is InChI=1S/C21H29N2O3P/c1-16(2)14-20(21(24)23-17(3)18-10-6-4-7-11-18)22-15-27(25,26)19-12-8-5-9-13-19/h4-13,16-17,20,22H,14-15H2,1-3H3,(H,23,24)(H,25,26)/p+1/t17-,20+/m1/s1. The molecule has 0 fully saturated rings. The van der Waals surface area contributed by atoms with Gasteiger partial charge in [0, 0.05) is 11.7 Å². The second kappa shape index (κ2) is 9.84. The van der Waals surface area contributed by atoms with Crippen LogP contribution in [0.25, 0.3) is 0 Å². The third-order valence-corrected chi connectivity index (χ3v) is 6.33.